The molecule has 0 unspecified atom stereocenters. The molecule has 1 amide bonds. The third-order valence-corrected chi connectivity index (χ3v) is 4.58. The maximum atomic E-state index is 12.3. The van der Waals surface area contributed by atoms with Crippen LogP contribution in [0.2, 0.25) is 5.02 Å². The first-order valence-electron chi connectivity index (χ1n) is 7.90. The number of carbonyl (C=O) groups excluding carboxylic acids is 1. The van der Waals surface area contributed by atoms with Gasteiger partial charge >= 0.3 is 0 Å². The molecule has 1 aliphatic rings. The molecule has 0 bridgehead atoms. The third-order valence-electron chi connectivity index (χ3n) is 4.25. The highest BCUT2D eigenvalue weighted by Crippen LogP contribution is 2.23. The summed E-state index contributed by atoms with van der Waals surface area (Å²) in [6, 6.07) is 10.9. The van der Waals surface area contributed by atoms with Gasteiger partial charge in [0.2, 0.25) is 0 Å². The Morgan fingerprint density at radius 3 is 2.61 bits per heavy atom. The van der Waals surface area contributed by atoms with Gasteiger partial charge in [0, 0.05) is 13.1 Å². The number of rotatable bonds is 3. The number of anilines is 2. The van der Waals surface area contributed by atoms with Gasteiger partial charge in [0.1, 0.15) is 5.69 Å². The van der Waals surface area contributed by atoms with Crippen molar-refractivity contribution in [3.8, 4) is 0 Å². The van der Waals surface area contributed by atoms with Crippen LogP contribution in [0.25, 0.3) is 0 Å². The van der Waals surface area contributed by atoms with Crippen LogP contribution in [0, 0.1) is 5.92 Å². The quantitative estimate of drug-likeness (QED) is 0.916. The molecule has 0 atom stereocenters. The van der Waals surface area contributed by atoms with Crippen LogP contribution < -0.4 is 10.2 Å². The molecular formula is C18H20ClN3O. The number of amides is 1. The smallest absolute Gasteiger partial charge is 0.274 e. The van der Waals surface area contributed by atoms with E-state index in [1.807, 2.05) is 18.2 Å². The zero-order valence-electron chi connectivity index (χ0n) is 13.1. The topological polar surface area (TPSA) is 45.2 Å². The second-order valence-electron chi connectivity index (χ2n) is 6.01. The summed E-state index contributed by atoms with van der Waals surface area (Å²) >= 11 is 6.05. The predicted molar refractivity (Wildman–Crippen MR) is 94.3 cm³/mol. The second kappa shape index (κ2) is 7.01. The fraction of sp³-hybridized carbons (Fsp3) is 0.333. The summed E-state index contributed by atoms with van der Waals surface area (Å²) in [4.78, 5) is 18.9. The summed E-state index contributed by atoms with van der Waals surface area (Å²) in [5.74, 6) is 0.539. The lowest BCUT2D eigenvalue weighted by Gasteiger charge is -2.31. The van der Waals surface area contributed by atoms with Gasteiger partial charge in [0.25, 0.3) is 5.91 Å². The molecule has 0 radical (unpaired) electrons. The number of nitrogens with zero attached hydrogens (tertiary/aromatic N) is 2. The van der Waals surface area contributed by atoms with Gasteiger partial charge in [0.05, 0.1) is 22.6 Å². The summed E-state index contributed by atoms with van der Waals surface area (Å²) in [6.07, 6.45) is 4.18. The van der Waals surface area contributed by atoms with Crippen molar-refractivity contribution in [2.75, 3.05) is 23.3 Å². The van der Waals surface area contributed by atoms with Gasteiger partial charge in [0.15, 0.2) is 0 Å². The molecule has 2 heterocycles. The van der Waals surface area contributed by atoms with Gasteiger partial charge in [-0.25, -0.2) is 4.98 Å². The van der Waals surface area contributed by atoms with Gasteiger partial charge in [-0.15, -0.1) is 0 Å². The van der Waals surface area contributed by atoms with E-state index in [0.717, 1.165) is 24.7 Å². The van der Waals surface area contributed by atoms with Crippen molar-refractivity contribution in [3.63, 3.8) is 0 Å². The summed E-state index contributed by atoms with van der Waals surface area (Å²) in [6.45, 7) is 4.39. The molecule has 0 spiro atoms. The lowest BCUT2D eigenvalue weighted by Crippen LogP contribution is -2.32. The van der Waals surface area contributed by atoms with Gasteiger partial charge in [-0.2, -0.15) is 0 Å². The molecule has 0 saturated carbocycles. The Morgan fingerprint density at radius 1 is 1.22 bits per heavy atom. The Bertz CT molecular complexity index is 679. The van der Waals surface area contributed by atoms with E-state index in [1.165, 1.54) is 12.8 Å². The zero-order chi connectivity index (χ0) is 16.2. The van der Waals surface area contributed by atoms with E-state index in [2.05, 4.69) is 22.1 Å². The van der Waals surface area contributed by atoms with Crippen molar-refractivity contribution in [2.24, 2.45) is 5.92 Å². The number of piperidine rings is 1. The lowest BCUT2D eigenvalue weighted by molar-refractivity contribution is 0.102. The Labute approximate surface area is 141 Å². The summed E-state index contributed by atoms with van der Waals surface area (Å²) in [5, 5.41) is 3.30. The fourth-order valence-electron chi connectivity index (χ4n) is 2.72. The van der Waals surface area contributed by atoms with Crippen LogP contribution in [0.4, 0.5) is 11.4 Å². The standard InChI is InChI=1S/C18H20ClN3O/c1-13-8-10-22(11-9-13)14-6-7-17(20-12-14)18(23)21-16-5-3-2-4-15(16)19/h2-7,12-13H,8-11H2,1H3,(H,21,23). The minimum absolute atomic E-state index is 0.253. The van der Waals surface area contributed by atoms with E-state index in [0.29, 0.717) is 16.4 Å². The van der Waals surface area contributed by atoms with E-state index in [-0.39, 0.29) is 5.91 Å². The highest BCUT2D eigenvalue weighted by Gasteiger charge is 2.17. The van der Waals surface area contributed by atoms with Crippen LogP contribution in [-0.2, 0) is 0 Å². The summed E-state index contributed by atoms with van der Waals surface area (Å²) in [5.41, 5.74) is 2.06. The molecular weight excluding hydrogens is 310 g/mol. The molecule has 2 aromatic rings. The number of carbonyl (C=O) groups is 1. The van der Waals surface area contributed by atoms with Crippen LogP contribution in [0.5, 0.6) is 0 Å². The summed E-state index contributed by atoms with van der Waals surface area (Å²) in [7, 11) is 0. The maximum Gasteiger partial charge on any atom is 0.274 e. The number of para-hydroxylation sites is 1. The van der Waals surface area contributed by atoms with Crippen LogP contribution in [0.1, 0.15) is 30.3 Å². The minimum atomic E-state index is -0.253. The molecule has 1 aromatic carbocycles. The number of hydrogen-bond donors (Lipinski definition) is 1. The van der Waals surface area contributed by atoms with Crippen LogP contribution >= 0.6 is 11.6 Å². The predicted octanol–water partition coefficient (Wildman–Crippen LogP) is 4.22. The Balaban J connectivity index is 1.67. The van der Waals surface area contributed by atoms with Crippen molar-refractivity contribution in [1.29, 1.82) is 0 Å². The average Bonchev–Trinajstić information content (AvgIpc) is 2.58. The third kappa shape index (κ3) is 3.82. The van der Waals surface area contributed by atoms with Gasteiger partial charge in [-0.3, -0.25) is 4.79 Å². The Morgan fingerprint density at radius 2 is 1.96 bits per heavy atom. The van der Waals surface area contributed by atoms with Crippen molar-refractivity contribution < 1.29 is 4.79 Å². The first kappa shape index (κ1) is 15.8. The molecule has 23 heavy (non-hydrogen) atoms. The number of nitrogens with one attached hydrogen (secondary N) is 1. The number of benzene rings is 1. The lowest BCUT2D eigenvalue weighted by atomic mass is 9.99. The highest BCUT2D eigenvalue weighted by molar-refractivity contribution is 6.33. The summed E-state index contributed by atoms with van der Waals surface area (Å²) < 4.78 is 0. The normalized spacial score (nSPS) is 15.5. The molecule has 1 aromatic heterocycles. The first-order chi connectivity index (χ1) is 11.1. The monoisotopic (exact) mass is 329 g/mol. The van der Waals surface area contributed by atoms with Crippen LogP contribution in [0.15, 0.2) is 42.6 Å². The van der Waals surface area contributed by atoms with E-state index in [1.54, 1.807) is 24.4 Å². The highest BCUT2D eigenvalue weighted by atomic mass is 35.5. The van der Waals surface area contributed by atoms with E-state index in [9.17, 15) is 4.79 Å². The van der Waals surface area contributed by atoms with Gasteiger partial charge in [-0.1, -0.05) is 30.7 Å². The molecule has 0 aliphatic carbocycles. The Hall–Kier alpha value is -2.07. The van der Waals surface area contributed by atoms with E-state index in [4.69, 9.17) is 11.6 Å². The van der Waals surface area contributed by atoms with Gasteiger partial charge < -0.3 is 10.2 Å². The number of hydrogen-bond acceptors (Lipinski definition) is 3. The van der Waals surface area contributed by atoms with Crippen LogP contribution in [-0.4, -0.2) is 24.0 Å². The molecule has 1 aliphatic heterocycles. The molecule has 1 saturated heterocycles. The maximum absolute atomic E-state index is 12.3. The molecule has 3 rings (SSSR count). The number of aromatic nitrogens is 1. The van der Waals surface area contributed by atoms with Crippen molar-refractivity contribution in [2.45, 2.75) is 19.8 Å². The Kier molecular flexibility index (Phi) is 4.82. The number of halogens is 1. The molecule has 1 fully saturated rings. The fourth-order valence-corrected chi connectivity index (χ4v) is 2.91. The van der Waals surface area contributed by atoms with Crippen LogP contribution in [0.3, 0.4) is 0 Å². The molecule has 1 N–H and O–H groups in total. The minimum Gasteiger partial charge on any atom is -0.370 e. The molecule has 5 heteroatoms. The van der Waals surface area contributed by atoms with E-state index < -0.39 is 0 Å². The van der Waals surface area contributed by atoms with Crippen molar-refractivity contribution >= 4 is 28.9 Å². The van der Waals surface area contributed by atoms with Gasteiger partial charge in [-0.05, 0) is 43.0 Å². The number of pyridine rings is 1. The SMILES string of the molecule is CC1CCN(c2ccc(C(=O)Nc3ccccc3Cl)nc2)CC1. The molecule has 4 nitrogen and oxygen atoms in total. The largest absolute Gasteiger partial charge is 0.370 e. The average molecular weight is 330 g/mol. The van der Waals surface area contributed by atoms with Crippen molar-refractivity contribution in [1.82, 2.24) is 4.98 Å². The first-order valence-corrected chi connectivity index (χ1v) is 8.28. The zero-order valence-corrected chi connectivity index (χ0v) is 13.9. The van der Waals surface area contributed by atoms with E-state index >= 15 is 0 Å². The van der Waals surface area contributed by atoms with Crippen molar-refractivity contribution in [3.05, 3.63) is 53.3 Å². The molecule has 120 valence electrons. The second-order valence-corrected chi connectivity index (χ2v) is 6.41.